The molecule has 0 aromatic heterocycles. The number of para-hydroxylation sites is 1. The third-order valence-electron chi connectivity index (χ3n) is 4.36. The molecule has 2 nitrogen and oxygen atoms in total. The second-order valence-electron chi connectivity index (χ2n) is 5.33. The Kier molecular flexibility index (Phi) is 2.83. The number of benzene rings is 1. The van der Waals surface area contributed by atoms with E-state index in [1.54, 1.807) is 0 Å². The van der Waals surface area contributed by atoms with Gasteiger partial charge in [0.05, 0.1) is 0 Å². The molecule has 1 spiro atoms. The lowest BCUT2D eigenvalue weighted by Crippen LogP contribution is -2.49. The molecule has 0 bridgehead atoms. The van der Waals surface area contributed by atoms with E-state index in [0.29, 0.717) is 0 Å². The van der Waals surface area contributed by atoms with Crippen molar-refractivity contribution in [2.24, 2.45) is 0 Å². The highest BCUT2D eigenvalue weighted by Gasteiger charge is 2.38. The number of rotatable bonds is 1. The van der Waals surface area contributed by atoms with Crippen molar-refractivity contribution in [3.8, 4) is 5.75 Å². The summed E-state index contributed by atoms with van der Waals surface area (Å²) in [7, 11) is 0. The first-order valence-electron chi connectivity index (χ1n) is 6.81. The first-order chi connectivity index (χ1) is 8.31. The zero-order valence-electron chi connectivity index (χ0n) is 10.6. The van der Waals surface area contributed by atoms with Crippen molar-refractivity contribution in [2.45, 2.75) is 38.2 Å². The monoisotopic (exact) mass is 231 g/mol. The van der Waals surface area contributed by atoms with Crippen LogP contribution in [0.5, 0.6) is 5.75 Å². The van der Waals surface area contributed by atoms with E-state index in [-0.39, 0.29) is 5.60 Å². The van der Waals surface area contributed by atoms with Gasteiger partial charge in [-0.15, -0.1) is 0 Å². The van der Waals surface area contributed by atoms with Gasteiger partial charge in [-0.1, -0.05) is 25.1 Å². The number of nitrogens with zero attached hydrogens (tertiary/aromatic N) is 1. The maximum atomic E-state index is 6.33. The lowest BCUT2D eigenvalue weighted by Gasteiger charge is -2.44. The van der Waals surface area contributed by atoms with Crippen LogP contribution in [0.15, 0.2) is 24.3 Å². The van der Waals surface area contributed by atoms with Gasteiger partial charge in [0.1, 0.15) is 11.4 Å². The molecule has 2 heteroatoms. The van der Waals surface area contributed by atoms with Crippen molar-refractivity contribution in [3.05, 3.63) is 29.8 Å². The molecule has 1 aromatic rings. The minimum Gasteiger partial charge on any atom is -0.487 e. The Balaban J connectivity index is 1.75. The molecule has 2 aliphatic heterocycles. The molecule has 1 saturated heterocycles. The fraction of sp³-hybridized carbons (Fsp3) is 0.600. The Morgan fingerprint density at radius 2 is 1.94 bits per heavy atom. The average Bonchev–Trinajstić information content (AvgIpc) is 2.40. The number of hydrogen-bond donors (Lipinski definition) is 0. The standard InChI is InChI=1S/C15H21NO/c1-2-16-11-9-15(10-12-16)8-7-13-5-3-4-6-14(13)17-15/h3-6H,2,7-12H2,1H3. The van der Waals surface area contributed by atoms with E-state index in [1.807, 2.05) is 0 Å². The van der Waals surface area contributed by atoms with Crippen LogP contribution in [0.4, 0.5) is 0 Å². The van der Waals surface area contributed by atoms with Crippen molar-refractivity contribution in [1.82, 2.24) is 4.90 Å². The van der Waals surface area contributed by atoms with Gasteiger partial charge in [0.2, 0.25) is 0 Å². The zero-order chi connectivity index (χ0) is 11.7. The van der Waals surface area contributed by atoms with Gasteiger partial charge in [0, 0.05) is 13.1 Å². The summed E-state index contributed by atoms with van der Waals surface area (Å²) < 4.78 is 6.33. The highest BCUT2D eigenvalue weighted by Crippen LogP contribution is 2.38. The normalized spacial score (nSPS) is 23.1. The van der Waals surface area contributed by atoms with Crippen LogP contribution in [-0.4, -0.2) is 30.1 Å². The largest absolute Gasteiger partial charge is 0.487 e. The van der Waals surface area contributed by atoms with Crippen molar-refractivity contribution < 1.29 is 4.74 Å². The Morgan fingerprint density at radius 1 is 1.18 bits per heavy atom. The molecule has 0 saturated carbocycles. The van der Waals surface area contributed by atoms with E-state index in [4.69, 9.17) is 4.74 Å². The molecule has 1 fully saturated rings. The number of piperidine rings is 1. The number of ether oxygens (including phenoxy) is 1. The molecule has 2 aliphatic rings. The highest BCUT2D eigenvalue weighted by molar-refractivity contribution is 5.36. The van der Waals surface area contributed by atoms with E-state index >= 15 is 0 Å². The van der Waals surface area contributed by atoms with Gasteiger partial charge in [-0.2, -0.15) is 0 Å². The van der Waals surface area contributed by atoms with Crippen LogP contribution in [0.1, 0.15) is 31.7 Å². The van der Waals surface area contributed by atoms with Crippen LogP contribution in [0, 0.1) is 0 Å². The summed E-state index contributed by atoms with van der Waals surface area (Å²) in [5.74, 6) is 1.13. The van der Waals surface area contributed by atoms with Gasteiger partial charge < -0.3 is 9.64 Å². The van der Waals surface area contributed by atoms with Crippen LogP contribution in [0.2, 0.25) is 0 Å². The molecular weight excluding hydrogens is 210 g/mol. The van der Waals surface area contributed by atoms with Crippen LogP contribution in [0.3, 0.4) is 0 Å². The van der Waals surface area contributed by atoms with E-state index in [0.717, 1.165) is 5.75 Å². The minimum absolute atomic E-state index is 0.139. The molecule has 0 atom stereocenters. The lowest BCUT2D eigenvalue weighted by molar-refractivity contribution is -0.0132. The van der Waals surface area contributed by atoms with Gasteiger partial charge in [-0.05, 0) is 43.9 Å². The number of hydrogen-bond acceptors (Lipinski definition) is 2. The third-order valence-corrected chi connectivity index (χ3v) is 4.36. The van der Waals surface area contributed by atoms with Crippen LogP contribution in [-0.2, 0) is 6.42 Å². The quantitative estimate of drug-likeness (QED) is 0.737. The Bertz CT molecular complexity index is 394. The van der Waals surface area contributed by atoms with Crippen molar-refractivity contribution >= 4 is 0 Å². The predicted molar refractivity (Wildman–Crippen MR) is 69.5 cm³/mol. The van der Waals surface area contributed by atoms with Crippen LogP contribution < -0.4 is 4.74 Å². The minimum atomic E-state index is 0.139. The Morgan fingerprint density at radius 3 is 2.71 bits per heavy atom. The van der Waals surface area contributed by atoms with E-state index < -0.39 is 0 Å². The number of likely N-dealkylation sites (tertiary alicyclic amines) is 1. The fourth-order valence-corrected chi connectivity index (χ4v) is 3.09. The van der Waals surface area contributed by atoms with E-state index in [9.17, 15) is 0 Å². The molecule has 17 heavy (non-hydrogen) atoms. The maximum Gasteiger partial charge on any atom is 0.123 e. The second-order valence-corrected chi connectivity index (χ2v) is 5.33. The summed E-state index contributed by atoms with van der Waals surface area (Å²) in [6.07, 6.45) is 4.76. The highest BCUT2D eigenvalue weighted by atomic mass is 16.5. The molecule has 1 aromatic carbocycles. The molecular formula is C15H21NO. The lowest BCUT2D eigenvalue weighted by atomic mass is 9.83. The topological polar surface area (TPSA) is 12.5 Å². The summed E-state index contributed by atoms with van der Waals surface area (Å²) in [6.45, 7) is 5.80. The second kappa shape index (κ2) is 4.34. The van der Waals surface area contributed by atoms with Gasteiger partial charge in [0.15, 0.2) is 0 Å². The van der Waals surface area contributed by atoms with Crippen LogP contribution >= 0.6 is 0 Å². The van der Waals surface area contributed by atoms with E-state index in [1.165, 1.54) is 50.9 Å². The summed E-state index contributed by atoms with van der Waals surface area (Å²) in [5.41, 5.74) is 1.52. The first kappa shape index (κ1) is 11.1. The van der Waals surface area contributed by atoms with Crippen molar-refractivity contribution in [3.63, 3.8) is 0 Å². The van der Waals surface area contributed by atoms with E-state index in [2.05, 4.69) is 36.1 Å². The third kappa shape index (κ3) is 2.06. The summed E-state index contributed by atoms with van der Waals surface area (Å²) in [5, 5.41) is 0. The SMILES string of the molecule is CCN1CCC2(CCc3ccccc3O2)CC1. The molecule has 0 N–H and O–H groups in total. The smallest absolute Gasteiger partial charge is 0.123 e. The summed E-state index contributed by atoms with van der Waals surface area (Å²) >= 11 is 0. The Labute approximate surface area is 104 Å². The molecule has 0 unspecified atom stereocenters. The molecule has 92 valence electrons. The predicted octanol–water partition coefficient (Wildman–Crippen LogP) is 2.87. The molecule has 2 heterocycles. The first-order valence-corrected chi connectivity index (χ1v) is 6.81. The zero-order valence-corrected chi connectivity index (χ0v) is 10.6. The molecule has 0 amide bonds. The number of aryl methyl sites for hydroxylation is 1. The molecule has 3 rings (SSSR count). The van der Waals surface area contributed by atoms with Gasteiger partial charge in [0.25, 0.3) is 0 Å². The summed E-state index contributed by atoms with van der Waals surface area (Å²) in [4.78, 5) is 2.52. The van der Waals surface area contributed by atoms with Crippen LogP contribution in [0.25, 0.3) is 0 Å². The number of fused-ring (bicyclic) bond motifs is 1. The average molecular weight is 231 g/mol. The fourth-order valence-electron chi connectivity index (χ4n) is 3.09. The van der Waals surface area contributed by atoms with Crippen molar-refractivity contribution in [2.75, 3.05) is 19.6 Å². The molecule has 0 radical (unpaired) electrons. The van der Waals surface area contributed by atoms with Crippen molar-refractivity contribution in [1.29, 1.82) is 0 Å². The van der Waals surface area contributed by atoms with Gasteiger partial charge >= 0.3 is 0 Å². The molecule has 0 aliphatic carbocycles. The summed E-state index contributed by atoms with van der Waals surface area (Å²) in [6, 6.07) is 8.52. The Hall–Kier alpha value is -1.02. The van der Waals surface area contributed by atoms with Gasteiger partial charge in [-0.3, -0.25) is 0 Å². The maximum absolute atomic E-state index is 6.33. The van der Waals surface area contributed by atoms with Gasteiger partial charge in [-0.25, -0.2) is 0 Å².